The second-order valence-corrected chi connectivity index (χ2v) is 5.36. The molecule has 108 valence electrons. The Morgan fingerprint density at radius 1 is 1.29 bits per heavy atom. The molecule has 2 aromatic carbocycles. The summed E-state index contributed by atoms with van der Waals surface area (Å²) >= 11 is 0. The van der Waals surface area contributed by atoms with Crippen LogP contribution in [0, 0.1) is 0 Å². The number of anilines is 1. The van der Waals surface area contributed by atoms with Crippen molar-refractivity contribution in [3.05, 3.63) is 42.0 Å². The maximum Gasteiger partial charge on any atom is 0.254 e. The van der Waals surface area contributed by atoms with Crippen molar-refractivity contribution in [3.8, 4) is 0 Å². The summed E-state index contributed by atoms with van der Waals surface area (Å²) in [5.74, 6) is -0.352. The molecule has 0 aliphatic carbocycles. The molecule has 0 radical (unpaired) electrons. The van der Waals surface area contributed by atoms with E-state index in [0.29, 0.717) is 24.2 Å². The summed E-state index contributed by atoms with van der Waals surface area (Å²) in [4.78, 5) is 25.8. The number of benzene rings is 2. The van der Waals surface area contributed by atoms with Crippen LogP contribution in [-0.4, -0.2) is 36.3 Å². The molecule has 1 atom stereocenters. The van der Waals surface area contributed by atoms with E-state index in [2.05, 4.69) is 5.32 Å². The Hall–Kier alpha value is -2.56. The van der Waals surface area contributed by atoms with E-state index in [1.165, 1.54) is 0 Å². The number of amides is 2. The second kappa shape index (κ2) is 5.09. The number of hydrogen-bond donors (Lipinski definition) is 2. The van der Waals surface area contributed by atoms with E-state index in [4.69, 9.17) is 5.73 Å². The molecule has 21 heavy (non-hydrogen) atoms. The monoisotopic (exact) mass is 283 g/mol. The summed E-state index contributed by atoms with van der Waals surface area (Å²) in [6.45, 7) is 0.664. The minimum absolute atomic E-state index is 0.0530. The standard InChI is InChI=1S/C16H17N3O2/c1-19-7-6-14(16(19)21)18-15(20)12-8-10-4-2-3-5-11(10)9-13(12)17/h2-5,8-9,14H,6-7,17H2,1H3,(H,18,20). The first-order valence-corrected chi connectivity index (χ1v) is 6.90. The lowest BCUT2D eigenvalue weighted by Gasteiger charge is -2.14. The Balaban J connectivity index is 1.88. The van der Waals surface area contributed by atoms with Crippen molar-refractivity contribution in [2.24, 2.45) is 0 Å². The van der Waals surface area contributed by atoms with Crippen LogP contribution in [0.4, 0.5) is 5.69 Å². The Morgan fingerprint density at radius 3 is 2.57 bits per heavy atom. The van der Waals surface area contributed by atoms with Crippen molar-refractivity contribution in [2.45, 2.75) is 12.5 Å². The topological polar surface area (TPSA) is 75.4 Å². The first kappa shape index (κ1) is 13.4. The molecule has 0 spiro atoms. The third-order valence-corrected chi connectivity index (χ3v) is 3.90. The van der Waals surface area contributed by atoms with Gasteiger partial charge >= 0.3 is 0 Å². The molecule has 0 aromatic heterocycles. The third-order valence-electron chi connectivity index (χ3n) is 3.90. The third kappa shape index (κ3) is 2.42. The molecule has 1 aliphatic heterocycles. The molecule has 3 N–H and O–H groups in total. The predicted octanol–water partition coefficient (Wildman–Crippen LogP) is 1.38. The van der Waals surface area contributed by atoms with Crippen LogP contribution < -0.4 is 11.1 Å². The highest BCUT2D eigenvalue weighted by atomic mass is 16.2. The Labute approximate surface area is 122 Å². The van der Waals surface area contributed by atoms with Crippen molar-refractivity contribution < 1.29 is 9.59 Å². The van der Waals surface area contributed by atoms with Crippen molar-refractivity contribution in [1.82, 2.24) is 10.2 Å². The van der Waals surface area contributed by atoms with E-state index in [-0.39, 0.29) is 11.8 Å². The second-order valence-electron chi connectivity index (χ2n) is 5.36. The molecule has 2 aromatic rings. The zero-order chi connectivity index (χ0) is 15.0. The molecule has 1 unspecified atom stereocenters. The molecule has 2 amide bonds. The van der Waals surface area contributed by atoms with Gasteiger partial charge in [0.1, 0.15) is 6.04 Å². The lowest BCUT2D eigenvalue weighted by atomic mass is 10.0. The van der Waals surface area contributed by atoms with E-state index < -0.39 is 6.04 Å². The summed E-state index contributed by atoms with van der Waals surface area (Å²) in [7, 11) is 1.73. The van der Waals surface area contributed by atoms with E-state index >= 15 is 0 Å². The molecule has 1 heterocycles. The number of nitrogens with one attached hydrogen (secondary N) is 1. The summed E-state index contributed by atoms with van der Waals surface area (Å²) in [5, 5.41) is 4.71. The number of nitrogens with zero attached hydrogens (tertiary/aromatic N) is 1. The molecule has 0 bridgehead atoms. The fourth-order valence-electron chi connectivity index (χ4n) is 2.65. The van der Waals surface area contributed by atoms with Crippen molar-refractivity contribution in [1.29, 1.82) is 0 Å². The van der Waals surface area contributed by atoms with Crippen LogP contribution in [0.5, 0.6) is 0 Å². The minimum atomic E-state index is -0.451. The SMILES string of the molecule is CN1CCC(NC(=O)c2cc3ccccc3cc2N)C1=O. The van der Waals surface area contributed by atoms with Crippen molar-refractivity contribution >= 4 is 28.3 Å². The first-order chi connectivity index (χ1) is 10.1. The molecular formula is C16H17N3O2. The zero-order valence-corrected chi connectivity index (χ0v) is 11.8. The maximum absolute atomic E-state index is 12.4. The lowest BCUT2D eigenvalue weighted by molar-refractivity contribution is -0.128. The average Bonchev–Trinajstić information content (AvgIpc) is 2.78. The van der Waals surface area contributed by atoms with E-state index in [9.17, 15) is 9.59 Å². The Bertz CT molecular complexity index is 727. The smallest absolute Gasteiger partial charge is 0.254 e. The summed E-state index contributed by atoms with van der Waals surface area (Å²) < 4.78 is 0. The Kier molecular flexibility index (Phi) is 3.25. The molecule has 5 nitrogen and oxygen atoms in total. The predicted molar refractivity (Wildman–Crippen MR) is 81.9 cm³/mol. The van der Waals surface area contributed by atoms with Gasteiger partial charge in [0.2, 0.25) is 5.91 Å². The van der Waals surface area contributed by atoms with Crippen molar-refractivity contribution in [2.75, 3.05) is 19.3 Å². The average molecular weight is 283 g/mol. The number of likely N-dealkylation sites (tertiary alicyclic amines) is 1. The molecule has 1 saturated heterocycles. The van der Waals surface area contributed by atoms with E-state index in [1.54, 1.807) is 24.1 Å². The number of rotatable bonds is 2. The van der Waals surface area contributed by atoms with E-state index in [1.807, 2.05) is 24.3 Å². The molecule has 1 aliphatic rings. The highest BCUT2D eigenvalue weighted by Gasteiger charge is 2.30. The molecule has 0 saturated carbocycles. The number of nitrogen functional groups attached to an aromatic ring is 1. The maximum atomic E-state index is 12.4. The number of fused-ring (bicyclic) bond motifs is 1. The summed E-state index contributed by atoms with van der Waals surface area (Å²) in [6, 6.07) is 10.8. The number of nitrogens with two attached hydrogens (primary N) is 1. The molecule has 3 rings (SSSR count). The van der Waals surface area contributed by atoms with Crippen molar-refractivity contribution in [3.63, 3.8) is 0 Å². The van der Waals surface area contributed by atoms with E-state index in [0.717, 1.165) is 10.8 Å². The normalized spacial score (nSPS) is 18.2. The minimum Gasteiger partial charge on any atom is -0.398 e. The van der Waals surface area contributed by atoms with Gasteiger partial charge in [-0.1, -0.05) is 24.3 Å². The first-order valence-electron chi connectivity index (χ1n) is 6.90. The molecule has 1 fully saturated rings. The fourth-order valence-corrected chi connectivity index (χ4v) is 2.65. The van der Waals surface area contributed by atoms with Crippen LogP contribution in [-0.2, 0) is 4.79 Å². The number of likely N-dealkylation sites (N-methyl/N-ethyl adjacent to an activating group) is 1. The van der Waals surface area contributed by atoms with Gasteiger partial charge in [0.15, 0.2) is 0 Å². The van der Waals surface area contributed by atoms with Gasteiger partial charge in [0.05, 0.1) is 5.56 Å². The van der Waals surface area contributed by atoms with Crippen LogP contribution in [0.25, 0.3) is 10.8 Å². The van der Waals surface area contributed by atoms with Gasteiger partial charge in [-0.3, -0.25) is 9.59 Å². The highest BCUT2D eigenvalue weighted by molar-refractivity contribution is 6.05. The zero-order valence-electron chi connectivity index (χ0n) is 11.8. The quantitative estimate of drug-likeness (QED) is 0.818. The van der Waals surface area contributed by atoms with Crippen LogP contribution in [0.2, 0.25) is 0 Å². The lowest BCUT2D eigenvalue weighted by Crippen LogP contribution is -2.40. The highest BCUT2D eigenvalue weighted by Crippen LogP contribution is 2.22. The molecule has 5 heteroatoms. The van der Waals surface area contributed by atoms with Gasteiger partial charge in [-0.25, -0.2) is 0 Å². The van der Waals surface area contributed by atoms with Crippen LogP contribution in [0.3, 0.4) is 0 Å². The number of hydrogen-bond acceptors (Lipinski definition) is 3. The Morgan fingerprint density at radius 2 is 1.95 bits per heavy atom. The van der Waals surface area contributed by atoms with Gasteiger partial charge in [0, 0.05) is 19.3 Å². The van der Waals surface area contributed by atoms with Gasteiger partial charge in [-0.15, -0.1) is 0 Å². The van der Waals surface area contributed by atoms with Crippen LogP contribution >= 0.6 is 0 Å². The number of carbonyl (C=O) groups excluding carboxylic acids is 2. The van der Waals surface area contributed by atoms with Gasteiger partial charge < -0.3 is 16.0 Å². The van der Waals surface area contributed by atoms with Gasteiger partial charge in [-0.05, 0) is 29.3 Å². The van der Waals surface area contributed by atoms with Gasteiger partial charge in [0.25, 0.3) is 5.91 Å². The summed E-state index contributed by atoms with van der Waals surface area (Å²) in [5.41, 5.74) is 6.80. The molecular weight excluding hydrogens is 266 g/mol. The summed E-state index contributed by atoms with van der Waals surface area (Å²) in [6.07, 6.45) is 0.633. The largest absolute Gasteiger partial charge is 0.398 e. The van der Waals surface area contributed by atoms with Crippen LogP contribution in [0.15, 0.2) is 36.4 Å². The number of carbonyl (C=O) groups is 2. The fraction of sp³-hybridized carbons (Fsp3) is 0.250. The van der Waals surface area contributed by atoms with Gasteiger partial charge in [-0.2, -0.15) is 0 Å². The van der Waals surface area contributed by atoms with Crippen LogP contribution in [0.1, 0.15) is 16.8 Å².